The molecule has 1 aliphatic heterocycles. The highest BCUT2D eigenvalue weighted by atomic mass is 16.6. The maximum absolute atomic E-state index is 12.6. The van der Waals surface area contributed by atoms with Crippen molar-refractivity contribution in [2.75, 3.05) is 6.61 Å². The van der Waals surface area contributed by atoms with Gasteiger partial charge in [0.05, 0.1) is 6.61 Å². The number of carbonyl (C=O) groups is 2. The van der Waals surface area contributed by atoms with Gasteiger partial charge in [-0.25, -0.2) is 0 Å². The van der Waals surface area contributed by atoms with Crippen molar-refractivity contribution in [3.05, 3.63) is 35.9 Å². The van der Waals surface area contributed by atoms with E-state index in [9.17, 15) is 9.59 Å². The van der Waals surface area contributed by atoms with Crippen molar-refractivity contribution in [3.63, 3.8) is 0 Å². The Kier molecular flexibility index (Phi) is 3.27. The van der Waals surface area contributed by atoms with E-state index in [0.717, 1.165) is 12.0 Å². The van der Waals surface area contributed by atoms with Gasteiger partial charge in [-0.2, -0.15) is 0 Å². The Balaban J connectivity index is 1.78. The van der Waals surface area contributed by atoms with Gasteiger partial charge in [0.15, 0.2) is 5.41 Å². The van der Waals surface area contributed by atoms with E-state index in [2.05, 4.69) is 13.8 Å². The van der Waals surface area contributed by atoms with Crippen LogP contribution in [0.15, 0.2) is 30.3 Å². The minimum atomic E-state index is -1.09. The largest absolute Gasteiger partial charge is 0.464 e. The molecule has 1 heterocycles. The first-order valence-corrected chi connectivity index (χ1v) is 7.35. The van der Waals surface area contributed by atoms with Crippen LogP contribution in [0.5, 0.6) is 0 Å². The van der Waals surface area contributed by atoms with Crippen molar-refractivity contribution in [3.8, 4) is 0 Å². The molecule has 1 aromatic carbocycles. The zero-order chi connectivity index (χ0) is 15.1. The number of hydrogen-bond acceptors (Lipinski definition) is 4. The number of benzene rings is 1. The van der Waals surface area contributed by atoms with Crippen LogP contribution in [-0.4, -0.2) is 18.5 Å². The maximum Gasteiger partial charge on any atom is 0.324 e. The zero-order valence-corrected chi connectivity index (χ0v) is 12.4. The summed E-state index contributed by atoms with van der Waals surface area (Å²) in [5.41, 5.74) is -0.238. The number of carbonyl (C=O) groups excluding carboxylic acids is 2. The smallest absolute Gasteiger partial charge is 0.324 e. The molecule has 1 saturated heterocycles. The van der Waals surface area contributed by atoms with E-state index in [0.29, 0.717) is 13.0 Å². The molecule has 0 bridgehead atoms. The highest BCUT2D eigenvalue weighted by Gasteiger charge is 2.67. The highest BCUT2D eigenvalue weighted by Crippen LogP contribution is 2.58. The number of cyclic esters (lactones) is 1. The molecular formula is C17H20O4. The standard InChI is InChI=1S/C17H20O4/c1-16(2)8-9-17(13(16)11-21-15(17)19)14(18)20-10-12-6-4-3-5-7-12/h3-7,13H,8-11H2,1-2H3/t13-,17+/m1/s1. The Hall–Kier alpha value is -1.84. The van der Waals surface area contributed by atoms with E-state index >= 15 is 0 Å². The van der Waals surface area contributed by atoms with Gasteiger partial charge in [-0.3, -0.25) is 9.59 Å². The van der Waals surface area contributed by atoms with Gasteiger partial charge in [0, 0.05) is 5.92 Å². The van der Waals surface area contributed by atoms with Gasteiger partial charge in [-0.15, -0.1) is 0 Å². The number of ether oxygens (including phenoxy) is 2. The minimum Gasteiger partial charge on any atom is -0.464 e. The third-order valence-electron chi connectivity index (χ3n) is 5.02. The lowest BCUT2D eigenvalue weighted by atomic mass is 9.72. The Labute approximate surface area is 124 Å². The van der Waals surface area contributed by atoms with Crippen molar-refractivity contribution in [1.29, 1.82) is 0 Å². The number of hydrogen-bond donors (Lipinski definition) is 0. The van der Waals surface area contributed by atoms with E-state index in [1.165, 1.54) is 0 Å². The summed E-state index contributed by atoms with van der Waals surface area (Å²) in [6, 6.07) is 9.50. The summed E-state index contributed by atoms with van der Waals surface area (Å²) in [7, 11) is 0. The molecule has 1 aromatic rings. The van der Waals surface area contributed by atoms with E-state index in [1.807, 2.05) is 30.3 Å². The first-order valence-electron chi connectivity index (χ1n) is 7.35. The van der Waals surface area contributed by atoms with Crippen LogP contribution in [0, 0.1) is 16.7 Å². The Morgan fingerprint density at radius 3 is 2.71 bits per heavy atom. The normalized spacial score (nSPS) is 29.8. The average Bonchev–Trinajstić information content (AvgIpc) is 2.95. The molecular weight excluding hydrogens is 268 g/mol. The molecule has 0 N–H and O–H groups in total. The molecule has 0 aromatic heterocycles. The van der Waals surface area contributed by atoms with E-state index in [1.54, 1.807) is 0 Å². The Bertz CT molecular complexity index is 563. The summed E-state index contributed by atoms with van der Waals surface area (Å²) in [6.07, 6.45) is 1.37. The number of rotatable bonds is 3. The molecule has 112 valence electrons. The molecule has 21 heavy (non-hydrogen) atoms. The quantitative estimate of drug-likeness (QED) is 0.634. The second-order valence-electron chi connectivity index (χ2n) is 6.67. The van der Waals surface area contributed by atoms with Crippen molar-refractivity contribution < 1.29 is 19.1 Å². The van der Waals surface area contributed by atoms with Gasteiger partial charge in [0.2, 0.25) is 0 Å². The number of esters is 2. The molecule has 2 aliphatic rings. The van der Waals surface area contributed by atoms with Gasteiger partial charge in [-0.1, -0.05) is 44.2 Å². The predicted octanol–water partition coefficient (Wildman–Crippen LogP) is 2.71. The molecule has 3 rings (SSSR count). The van der Waals surface area contributed by atoms with Gasteiger partial charge in [-0.05, 0) is 23.8 Å². The van der Waals surface area contributed by atoms with E-state index < -0.39 is 17.4 Å². The van der Waals surface area contributed by atoms with Crippen molar-refractivity contribution in [1.82, 2.24) is 0 Å². The summed E-state index contributed by atoms with van der Waals surface area (Å²) < 4.78 is 10.6. The minimum absolute atomic E-state index is 0.0715. The van der Waals surface area contributed by atoms with Crippen molar-refractivity contribution >= 4 is 11.9 Å². The second-order valence-corrected chi connectivity index (χ2v) is 6.67. The Morgan fingerprint density at radius 1 is 1.29 bits per heavy atom. The zero-order valence-electron chi connectivity index (χ0n) is 12.4. The molecule has 4 nitrogen and oxygen atoms in total. The highest BCUT2D eigenvalue weighted by molar-refractivity contribution is 6.02. The lowest BCUT2D eigenvalue weighted by molar-refractivity contribution is -0.167. The molecule has 0 unspecified atom stereocenters. The van der Waals surface area contributed by atoms with E-state index in [4.69, 9.17) is 9.47 Å². The van der Waals surface area contributed by atoms with Crippen LogP contribution in [0.4, 0.5) is 0 Å². The van der Waals surface area contributed by atoms with Crippen molar-refractivity contribution in [2.45, 2.75) is 33.3 Å². The second kappa shape index (κ2) is 4.86. The molecule has 2 fully saturated rings. The fourth-order valence-corrected chi connectivity index (χ4v) is 3.61. The third kappa shape index (κ3) is 2.13. The lowest BCUT2D eigenvalue weighted by Gasteiger charge is -2.28. The van der Waals surface area contributed by atoms with Gasteiger partial charge < -0.3 is 9.47 Å². The Morgan fingerprint density at radius 2 is 2.00 bits per heavy atom. The monoisotopic (exact) mass is 288 g/mol. The summed E-state index contributed by atoms with van der Waals surface area (Å²) >= 11 is 0. The van der Waals surface area contributed by atoms with Crippen LogP contribution in [0.3, 0.4) is 0 Å². The lowest BCUT2D eigenvalue weighted by Crippen LogP contribution is -2.41. The molecule has 1 saturated carbocycles. The number of fused-ring (bicyclic) bond motifs is 1. The van der Waals surface area contributed by atoms with Crippen LogP contribution in [0.2, 0.25) is 0 Å². The molecule has 0 amide bonds. The molecule has 1 aliphatic carbocycles. The van der Waals surface area contributed by atoms with E-state index in [-0.39, 0.29) is 17.9 Å². The van der Waals surface area contributed by atoms with Crippen molar-refractivity contribution in [2.24, 2.45) is 16.7 Å². The fourth-order valence-electron chi connectivity index (χ4n) is 3.61. The summed E-state index contributed by atoms with van der Waals surface area (Å²) in [5.74, 6) is -0.915. The first kappa shape index (κ1) is 14.1. The summed E-state index contributed by atoms with van der Waals surface area (Å²) in [4.78, 5) is 24.8. The average molecular weight is 288 g/mol. The van der Waals surface area contributed by atoms with Gasteiger partial charge in [0.25, 0.3) is 0 Å². The maximum atomic E-state index is 12.6. The third-order valence-corrected chi connectivity index (χ3v) is 5.02. The summed E-state index contributed by atoms with van der Waals surface area (Å²) in [5, 5.41) is 0. The summed E-state index contributed by atoms with van der Waals surface area (Å²) in [6.45, 7) is 4.70. The van der Waals surface area contributed by atoms with Gasteiger partial charge >= 0.3 is 11.9 Å². The van der Waals surface area contributed by atoms with Crippen LogP contribution >= 0.6 is 0 Å². The predicted molar refractivity (Wildman–Crippen MR) is 76.1 cm³/mol. The van der Waals surface area contributed by atoms with Crippen LogP contribution in [0.1, 0.15) is 32.3 Å². The molecule has 2 atom stereocenters. The topological polar surface area (TPSA) is 52.6 Å². The molecule has 0 spiro atoms. The molecule has 0 radical (unpaired) electrons. The molecule has 4 heteroatoms. The first-order chi connectivity index (χ1) is 9.97. The van der Waals surface area contributed by atoms with Crippen LogP contribution in [-0.2, 0) is 25.7 Å². The van der Waals surface area contributed by atoms with Crippen LogP contribution in [0.25, 0.3) is 0 Å². The van der Waals surface area contributed by atoms with Gasteiger partial charge in [0.1, 0.15) is 6.61 Å². The van der Waals surface area contributed by atoms with Crippen LogP contribution < -0.4 is 0 Å². The SMILES string of the molecule is CC1(C)CC[C@]2(C(=O)OCc3ccccc3)C(=O)OC[C@H]12. The fraction of sp³-hybridized carbons (Fsp3) is 0.529.